The fraction of sp³-hybridized carbons (Fsp3) is 0.719. The van der Waals surface area contributed by atoms with E-state index in [1.165, 1.54) is 57.8 Å². The first kappa shape index (κ1) is 27.7. The molecule has 4 heterocycles. The minimum Gasteiger partial charge on any atom is -0.465 e. The van der Waals surface area contributed by atoms with Crippen molar-refractivity contribution in [3.8, 4) is 0 Å². The summed E-state index contributed by atoms with van der Waals surface area (Å²) in [5, 5.41) is 0. The zero-order chi connectivity index (χ0) is 27.6. The maximum absolute atomic E-state index is 14.3. The Bertz CT molecular complexity index is 1220. The molecular weight excluding hydrogens is 502 g/mol. The second-order valence-electron chi connectivity index (χ2n) is 12.7. The number of likely N-dealkylation sites (N-methyl/N-ethyl adjacent to an activating group) is 1. The van der Waals surface area contributed by atoms with E-state index in [0.29, 0.717) is 31.1 Å². The van der Waals surface area contributed by atoms with E-state index in [-0.39, 0.29) is 30.2 Å². The summed E-state index contributed by atoms with van der Waals surface area (Å²) in [4.78, 5) is 38.4. The highest BCUT2D eigenvalue weighted by molar-refractivity contribution is 5.76. The maximum Gasteiger partial charge on any atom is 0.320 e. The van der Waals surface area contributed by atoms with Crippen molar-refractivity contribution in [2.75, 3.05) is 38.2 Å². The second kappa shape index (κ2) is 12.2. The smallest absolute Gasteiger partial charge is 0.320 e. The molecule has 2 bridgehead atoms. The molecule has 8 heteroatoms. The zero-order valence-electron chi connectivity index (χ0n) is 24.5. The molecule has 0 spiro atoms. The van der Waals surface area contributed by atoms with Crippen molar-refractivity contribution in [3.05, 3.63) is 34.6 Å². The lowest BCUT2D eigenvalue weighted by Crippen LogP contribution is -2.50. The molecule has 0 N–H and O–H groups in total. The minimum absolute atomic E-state index is 0.0520. The van der Waals surface area contributed by atoms with Gasteiger partial charge in [0, 0.05) is 43.3 Å². The lowest BCUT2D eigenvalue weighted by atomic mass is 9.89. The van der Waals surface area contributed by atoms with Gasteiger partial charge in [0.25, 0.3) is 5.56 Å². The van der Waals surface area contributed by atoms with Gasteiger partial charge in [-0.2, -0.15) is 0 Å². The summed E-state index contributed by atoms with van der Waals surface area (Å²) in [5.41, 5.74) is 1.92. The van der Waals surface area contributed by atoms with Crippen LogP contribution in [0.15, 0.2) is 29.1 Å². The number of benzene rings is 1. The Morgan fingerprint density at radius 3 is 2.38 bits per heavy atom. The molecule has 4 fully saturated rings. The van der Waals surface area contributed by atoms with Crippen molar-refractivity contribution in [2.45, 2.75) is 114 Å². The monoisotopic (exact) mass is 549 g/mol. The number of fused-ring (bicyclic) bond motifs is 3. The van der Waals surface area contributed by atoms with Crippen molar-refractivity contribution < 1.29 is 9.53 Å². The summed E-state index contributed by atoms with van der Waals surface area (Å²) in [6.45, 7) is 3.96. The van der Waals surface area contributed by atoms with Gasteiger partial charge >= 0.3 is 5.97 Å². The van der Waals surface area contributed by atoms with Gasteiger partial charge in [0.15, 0.2) is 5.82 Å². The van der Waals surface area contributed by atoms with E-state index in [9.17, 15) is 9.59 Å². The molecule has 6 rings (SSSR count). The Morgan fingerprint density at radius 1 is 0.950 bits per heavy atom. The molecular formula is C32H47N5O3. The average molecular weight is 550 g/mol. The van der Waals surface area contributed by atoms with Crippen molar-refractivity contribution in [1.29, 1.82) is 0 Å². The molecule has 3 saturated heterocycles. The SMILES string of the molecule is CCOC(=O)CN(C)C1CCN(c2nc3ccccc3n(C3CC4CC[C@@H](C3)N4C3CCCCCCC3)c2=O)C1. The number of hydrogen-bond donors (Lipinski definition) is 0. The number of ether oxygens (including phenoxy) is 1. The number of esters is 1. The number of rotatable bonds is 7. The first-order chi connectivity index (χ1) is 19.5. The second-order valence-corrected chi connectivity index (χ2v) is 12.7. The van der Waals surface area contributed by atoms with Crippen LogP contribution < -0.4 is 10.5 Å². The fourth-order valence-electron chi connectivity index (χ4n) is 8.27. The van der Waals surface area contributed by atoms with Gasteiger partial charge < -0.3 is 14.2 Å². The topological polar surface area (TPSA) is 70.9 Å². The van der Waals surface area contributed by atoms with Crippen LogP contribution in [0.2, 0.25) is 0 Å². The van der Waals surface area contributed by atoms with E-state index in [0.717, 1.165) is 42.9 Å². The lowest BCUT2D eigenvalue weighted by molar-refractivity contribution is -0.144. The molecule has 1 aromatic heterocycles. The number of hydrogen-bond acceptors (Lipinski definition) is 7. The number of anilines is 1. The predicted molar refractivity (Wildman–Crippen MR) is 159 cm³/mol. The molecule has 8 nitrogen and oxygen atoms in total. The van der Waals surface area contributed by atoms with Crippen LogP contribution in [0.3, 0.4) is 0 Å². The molecule has 0 radical (unpaired) electrons. The number of nitrogens with zero attached hydrogens (tertiary/aromatic N) is 5. The van der Waals surface area contributed by atoms with Crippen molar-refractivity contribution >= 4 is 22.8 Å². The average Bonchev–Trinajstić information content (AvgIpc) is 3.51. The van der Waals surface area contributed by atoms with Crippen LogP contribution in [0.4, 0.5) is 5.82 Å². The van der Waals surface area contributed by atoms with Crippen molar-refractivity contribution in [3.63, 3.8) is 0 Å². The number of carbonyl (C=O) groups is 1. The van der Waals surface area contributed by atoms with Crippen LogP contribution in [-0.2, 0) is 9.53 Å². The first-order valence-corrected chi connectivity index (χ1v) is 15.9. The molecule has 3 unspecified atom stereocenters. The van der Waals surface area contributed by atoms with Gasteiger partial charge in [-0.25, -0.2) is 4.98 Å². The molecule has 218 valence electrons. The summed E-state index contributed by atoms with van der Waals surface area (Å²) in [7, 11) is 1.97. The Labute approximate surface area is 238 Å². The van der Waals surface area contributed by atoms with Crippen LogP contribution in [-0.4, -0.2) is 82.8 Å². The lowest BCUT2D eigenvalue weighted by Gasteiger charge is -2.45. The number of aromatic nitrogens is 2. The molecule has 3 aliphatic heterocycles. The fourth-order valence-corrected chi connectivity index (χ4v) is 8.27. The van der Waals surface area contributed by atoms with Gasteiger partial charge in [-0.1, -0.05) is 44.2 Å². The van der Waals surface area contributed by atoms with Crippen LogP contribution in [0.5, 0.6) is 0 Å². The highest BCUT2D eigenvalue weighted by Crippen LogP contribution is 2.44. The van der Waals surface area contributed by atoms with Gasteiger partial charge in [0.05, 0.1) is 24.2 Å². The molecule has 1 aliphatic carbocycles. The number of piperidine rings is 1. The largest absolute Gasteiger partial charge is 0.465 e. The molecule has 40 heavy (non-hydrogen) atoms. The minimum atomic E-state index is -0.199. The summed E-state index contributed by atoms with van der Waals surface area (Å²) < 4.78 is 7.27. The predicted octanol–water partition coefficient (Wildman–Crippen LogP) is 4.75. The van der Waals surface area contributed by atoms with Crippen LogP contribution in [0, 0.1) is 0 Å². The Hall–Kier alpha value is -2.45. The van der Waals surface area contributed by atoms with Gasteiger partial charge in [-0.15, -0.1) is 0 Å². The van der Waals surface area contributed by atoms with Crippen LogP contribution >= 0.6 is 0 Å². The number of carbonyl (C=O) groups excluding carboxylic acids is 1. The van der Waals surface area contributed by atoms with Gasteiger partial charge in [-0.05, 0) is 71.0 Å². The van der Waals surface area contributed by atoms with Gasteiger partial charge in [0.2, 0.25) is 0 Å². The van der Waals surface area contributed by atoms with E-state index in [4.69, 9.17) is 9.72 Å². The summed E-state index contributed by atoms with van der Waals surface area (Å²) >= 11 is 0. The third-order valence-electron chi connectivity index (χ3n) is 10.2. The van der Waals surface area contributed by atoms with E-state index in [2.05, 4.69) is 25.3 Å². The number of para-hydroxylation sites is 2. The van der Waals surface area contributed by atoms with Crippen molar-refractivity contribution in [1.82, 2.24) is 19.4 Å². The van der Waals surface area contributed by atoms with Crippen molar-refractivity contribution in [2.24, 2.45) is 0 Å². The zero-order valence-corrected chi connectivity index (χ0v) is 24.5. The van der Waals surface area contributed by atoms with Gasteiger partial charge in [0.1, 0.15) is 0 Å². The van der Waals surface area contributed by atoms with Gasteiger partial charge in [-0.3, -0.25) is 19.4 Å². The Balaban J connectivity index is 1.24. The Kier molecular flexibility index (Phi) is 8.45. The summed E-state index contributed by atoms with van der Waals surface area (Å²) in [6.07, 6.45) is 15.2. The van der Waals surface area contributed by atoms with Crippen LogP contribution in [0.1, 0.15) is 90.0 Å². The molecule has 4 aliphatic rings. The standard InChI is InChI=1S/C32H47N5O3/c1-3-40-30(38)22-34(2)26-17-18-35(21-26)31-32(39)37(29-14-10-9-13-28(29)33-31)27-19-24-15-16-25(20-27)36(24)23-11-7-5-4-6-8-12-23/h9-10,13-14,23-27H,3-8,11-12,15-22H2,1-2H3/t24-,25?,26?,27?/m0/s1. The highest BCUT2D eigenvalue weighted by Gasteiger charge is 2.45. The van der Waals surface area contributed by atoms with E-state index in [1.807, 2.05) is 32.2 Å². The maximum atomic E-state index is 14.3. The normalized spacial score (nSPS) is 28.2. The molecule has 4 atom stereocenters. The highest BCUT2D eigenvalue weighted by atomic mass is 16.5. The van der Waals surface area contributed by atoms with E-state index < -0.39 is 0 Å². The molecule has 1 aromatic carbocycles. The third-order valence-corrected chi connectivity index (χ3v) is 10.2. The summed E-state index contributed by atoms with van der Waals surface area (Å²) in [6, 6.07) is 10.5. The van der Waals surface area contributed by atoms with Crippen LogP contribution in [0.25, 0.3) is 11.0 Å². The third kappa shape index (κ3) is 5.54. The summed E-state index contributed by atoms with van der Waals surface area (Å²) in [5.74, 6) is 0.371. The quantitative estimate of drug-likeness (QED) is 0.462. The van der Waals surface area contributed by atoms with E-state index >= 15 is 0 Å². The molecule has 2 aromatic rings. The first-order valence-electron chi connectivity index (χ1n) is 15.9. The Morgan fingerprint density at radius 2 is 1.65 bits per heavy atom. The van der Waals surface area contributed by atoms with E-state index in [1.54, 1.807) is 0 Å². The molecule has 1 saturated carbocycles. The molecule has 0 amide bonds.